The highest BCUT2D eigenvalue weighted by Gasteiger charge is 2.85. The van der Waals surface area contributed by atoms with Crippen LogP contribution in [0.3, 0.4) is 0 Å². The highest BCUT2D eigenvalue weighted by molar-refractivity contribution is 7.54. The van der Waals surface area contributed by atoms with E-state index in [9.17, 15) is 24.4 Å². The van der Waals surface area contributed by atoms with Crippen LogP contribution in [0.5, 0.6) is 0 Å². The van der Waals surface area contributed by atoms with E-state index in [1.54, 1.807) is 27.1 Å². The lowest BCUT2D eigenvalue weighted by Gasteiger charge is -2.31. The van der Waals surface area contributed by atoms with Crippen molar-refractivity contribution >= 4 is 31.3 Å². The van der Waals surface area contributed by atoms with Crippen molar-refractivity contribution in [3.63, 3.8) is 0 Å². The number of nitrogens with one attached hydrogen (secondary N) is 2. The second-order valence-corrected chi connectivity index (χ2v) is 17.4. The monoisotopic (exact) mass is 751 g/mol. The number of carbonyl (C=O) groups excluding carboxylic acids is 2. The van der Waals surface area contributed by atoms with Gasteiger partial charge in [-0.2, -0.15) is 0 Å². The Morgan fingerprint density at radius 3 is 2.15 bits per heavy atom. The molecule has 2 saturated carbocycles. The van der Waals surface area contributed by atoms with Crippen molar-refractivity contribution in [3.8, 4) is 0 Å². The molecule has 17 heteroatoms. The van der Waals surface area contributed by atoms with Gasteiger partial charge in [0, 0.05) is 6.42 Å². The van der Waals surface area contributed by atoms with Gasteiger partial charge < -0.3 is 39.2 Å². The molecule has 2 aliphatic carbocycles. The number of aromatic nitrogens is 2. The van der Waals surface area contributed by atoms with Gasteiger partial charge in [0.15, 0.2) is 5.84 Å². The van der Waals surface area contributed by atoms with Gasteiger partial charge in [0.25, 0.3) is 0 Å². The van der Waals surface area contributed by atoms with E-state index in [-0.39, 0.29) is 49.9 Å². The first kappa shape index (κ1) is 40.5. The lowest BCUT2D eigenvalue weighted by molar-refractivity contribution is -0.146. The van der Waals surface area contributed by atoms with Crippen molar-refractivity contribution in [1.29, 1.82) is 0 Å². The number of ether oxygens (including phenoxy) is 3. The molecule has 4 aliphatic rings. The molecule has 3 fully saturated rings. The Morgan fingerprint density at radius 2 is 1.67 bits per heavy atom. The van der Waals surface area contributed by atoms with Crippen molar-refractivity contribution < 1.29 is 43.1 Å². The third kappa shape index (κ3) is 8.33. The van der Waals surface area contributed by atoms with E-state index >= 15 is 0 Å². The Morgan fingerprint density at radius 1 is 1.10 bits per heavy atom. The summed E-state index contributed by atoms with van der Waals surface area (Å²) in [4.78, 5) is 40.1. The van der Waals surface area contributed by atoms with Crippen molar-refractivity contribution in [3.05, 3.63) is 17.7 Å². The van der Waals surface area contributed by atoms with E-state index < -0.39 is 67.8 Å². The molecule has 3 heterocycles. The van der Waals surface area contributed by atoms with Crippen molar-refractivity contribution in [2.24, 2.45) is 27.6 Å². The van der Waals surface area contributed by atoms with Crippen LogP contribution < -0.4 is 15.9 Å². The van der Waals surface area contributed by atoms with Crippen LogP contribution in [0.15, 0.2) is 16.3 Å². The number of hydrogen-bond acceptors (Lipinski definition) is 12. The fourth-order valence-electron chi connectivity index (χ4n) is 7.44. The molecule has 292 valence electrons. The Hall–Kier alpha value is -2.72. The third-order valence-electron chi connectivity index (χ3n) is 10.2. The molecule has 0 aromatic carbocycles. The van der Waals surface area contributed by atoms with E-state index in [4.69, 9.17) is 29.5 Å². The zero-order valence-electron chi connectivity index (χ0n) is 31.7. The molecule has 0 spiro atoms. The summed E-state index contributed by atoms with van der Waals surface area (Å²) in [6.45, 7) is 14.5. The number of carbonyl (C=O) groups is 2. The van der Waals surface area contributed by atoms with Crippen molar-refractivity contribution in [2.75, 3.05) is 19.8 Å². The summed E-state index contributed by atoms with van der Waals surface area (Å²) in [6.07, 6.45) is 2.83. The molecule has 8 unspecified atom stereocenters. The van der Waals surface area contributed by atoms with Crippen molar-refractivity contribution in [1.82, 2.24) is 19.7 Å². The largest absolute Gasteiger partial charge is 0.465 e. The zero-order valence-corrected chi connectivity index (χ0v) is 32.6. The van der Waals surface area contributed by atoms with E-state index in [2.05, 4.69) is 27.1 Å². The summed E-state index contributed by atoms with van der Waals surface area (Å²) < 4.78 is 39.4. The van der Waals surface area contributed by atoms with Crippen molar-refractivity contribution in [2.45, 2.75) is 147 Å². The van der Waals surface area contributed by atoms with Gasteiger partial charge >= 0.3 is 19.6 Å². The van der Waals surface area contributed by atoms with Crippen LogP contribution in [0.1, 0.15) is 117 Å². The zero-order chi connectivity index (χ0) is 38.2. The number of aliphatic hydroxyl groups is 2. The molecule has 0 radical (unpaired) electrons. The minimum atomic E-state index is -4.27. The predicted molar refractivity (Wildman–Crippen MR) is 194 cm³/mol. The van der Waals surface area contributed by atoms with E-state index in [0.29, 0.717) is 30.2 Å². The molecule has 1 aromatic rings. The maximum Gasteiger partial charge on any atom is 0.342 e. The normalized spacial score (nSPS) is 31.6. The van der Waals surface area contributed by atoms with Gasteiger partial charge in [-0.15, -0.1) is 0 Å². The summed E-state index contributed by atoms with van der Waals surface area (Å²) >= 11 is 0. The third-order valence-corrected chi connectivity index (χ3v) is 12.0. The fraction of sp³-hybridized carbons (Fsp3) is 0.800. The van der Waals surface area contributed by atoms with Gasteiger partial charge in [0.2, 0.25) is 0 Å². The van der Waals surface area contributed by atoms with Crippen LogP contribution in [0, 0.1) is 11.8 Å². The summed E-state index contributed by atoms with van der Waals surface area (Å²) in [6, 6.07) is -2.59. The number of imidazole rings is 1. The van der Waals surface area contributed by atoms with Gasteiger partial charge in [-0.1, -0.05) is 34.6 Å². The number of hydrogen-bond donors (Lipinski definition) is 5. The number of fused-ring (bicyclic) bond motifs is 2. The Labute approximate surface area is 306 Å². The maximum atomic E-state index is 14.7. The first-order valence-electron chi connectivity index (χ1n) is 18.7. The molecular weight excluding hydrogens is 693 g/mol. The highest BCUT2D eigenvalue weighted by Crippen LogP contribution is 2.68. The first-order chi connectivity index (χ1) is 24.5. The molecule has 1 saturated heterocycles. The molecule has 0 amide bonds. The summed E-state index contributed by atoms with van der Waals surface area (Å²) in [7, 11) is -4.27. The van der Waals surface area contributed by atoms with E-state index in [1.165, 1.54) is 0 Å². The molecule has 8 atom stereocenters. The standard InChI is InChI=1S/C35H58N7O9P/c1-9-48-31(44)23(15-19(3)4)40-52(47,41-24(16-20(5)6)32(45)49-10-2)50-17-25-29(43)35(46)33(34(35,8)51-25)42-18-37-27-28(42)21(7)11-14-26(36)39-30(27)38-22-12-13-22/h18-25,29,33,43,46H,9-17H2,1-8H3,(H2,36,38,39)(H2,40,41,47). The molecule has 16 nitrogen and oxygen atoms in total. The Bertz CT molecular complexity index is 1540. The number of esters is 2. The van der Waals surface area contributed by atoms with E-state index in [0.717, 1.165) is 18.5 Å². The van der Waals surface area contributed by atoms with Crippen LogP contribution in [0.2, 0.25) is 0 Å². The SMILES string of the molecule is CCOC(=O)C(CC(C)C)NP(=O)(NC(CC(C)C)C(=O)OCC)OCC1OC2(C)C(n3cnc4c3C(C)CCC(N)=NC4=NC3CC3)C2(O)C1O. The number of nitrogens with zero attached hydrogens (tertiary/aromatic N) is 4. The van der Waals surface area contributed by atoms with Gasteiger partial charge in [0.1, 0.15) is 53.1 Å². The molecule has 0 bridgehead atoms. The smallest absolute Gasteiger partial charge is 0.342 e. The number of aliphatic hydroxyl groups excluding tert-OH is 1. The lowest BCUT2D eigenvalue weighted by Crippen LogP contribution is -2.46. The van der Waals surface area contributed by atoms with Crippen LogP contribution in [-0.4, -0.2) is 105 Å². The van der Waals surface area contributed by atoms with Gasteiger partial charge in [0.05, 0.1) is 37.9 Å². The second kappa shape index (κ2) is 15.9. The van der Waals surface area contributed by atoms with Gasteiger partial charge in [-0.05, 0) is 70.6 Å². The van der Waals surface area contributed by atoms with E-state index in [1.807, 2.05) is 32.3 Å². The number of aliphatic imine (C=N–C) groups is 2. The Kier molecular flexibility index (Phi) is 12.4. The average molecular weight is 752 g/mol. The quantitative estimate of drug-likeness (QED) is 0.114. The predicted octanol–water partition coefficient (Wildman–Crippen LogP) is 3.11. The molecule has 52 heavy (non-hydrogen) atoms. The Balaban J connectivity index is 1.39. The van der Waals surface area contributed by atoms with Gasteiger partial charge in [-0.25, -0.2) is 20.2 Å². The topological polar surface area (TPSA) is 221 Å². The number of nitrogens with two attached hydrogens (primary N) is 1. The molecule has 2 aliphatic heterocycles. The van der Waals surface area contributed by atoms with Gasteiger partial charge in [-0.3, -0.25) is 19.1 Å². The molecule has 5 rings (SSSR count). The first-order valence-corrected chi connectivity index (χ1v) is 20.3. The second-order valence-electron chi connectivity index (χ2n) is 15.5. The lowest BCUT2D eigenvalue weighted by atomic mass is 9.97. The minimum Gasteiger partial charge on any atom is -0.465 e. The maximum absolute atomic E-state index is 14.7. The summed E-state index contributed by atoms with van der Waals surface area (Å²) in [5.41, 5.74) is 4.64. The molecule has 6 N–H and O–H groups in total. The number of rotatable bonds is 17. The van der Waals surface area contributed by atoms with Crippen LogP contribution in [0.4, 0.5) is 0 Å². The van der Waals surface area contributed by atoms with Crippen LogP contribution in [0.25, 0.3) is 0 Å². The summed E-state index contributed by atoms with van der Waals surface area (Å²) in [5.74, 6) is -0.261. The number of amidine groups is 2. The molecule has 1 aromatic heterocycles. The molecular formula is C35H58N7O9P. The van der Waals surface area contributed by atoms with Crippen LogP contribution >= 0.6 is 7.67 Å². The van der Waals surface area contributed by atoms with Crippen LogP contribution in [-0.2, 0) is 32.9 Å². The average Bonchev–Trinajstić information content (AvgIpc) is 3.88. The highest BCUT2D eigenvalue weighted by atomic mass is 31.2. The summed E-state index contributed by atoms with van der Waals surface area (Å²) in [5, 5.41) is 29.4. The minimum absolute atomic E-state index is 0.00985. The fourth-order valence-corrected chi connectivity index (χ4v) is 9.26.